The Morgan fingerprint density at radius 2 is 1.54 bits per heavy atom. The summed E-state index contributed by atoms with van der Waals surface area (Å²) in [5.74, 6) is -4.02. The fraction of sp³-hybridized carbons (Fsp3) is 0.727. The minimum absolute atomic E-state index is 0.0192. The van der Waals surface area contributed by atoms with E-state index in [0.717, 1.165) is 12.8 Å². The van der Waals surface area contributed by atoms with Crippen LogP contribution in [0.5, 0.6) is 0 Å². The fourth-order valence-electron chi connectivity index (χ4n) is 4.44. The second kappa shape index (κ2) is 9.12. The largest absolute Gasteiger partial charge is 0.347 e. The van der Waals surface area contributed by atoms with Gasteiger partial charge in [0.15, 0.2) is 0 Å². The Hall–Kier alpha value is -1.14. The van der Waals surface area contributed by atoms with Crippen LogP contribution in [0, 0.1) is 30.4 Å². The first-order chi connectivity index (χ1) is 13.3. The van der Waals surface area contributed by atoms with Gasteiger partial charge in [-0.15, -0.1) is 0 Å². The zero-order valence-electron chi connectivity index (χ0n) is 16.7. The lowest BCUT2D eigenvalue weighted by molar-refractivity contribution is -0.295. The normalized spacial score (nSPS) is 29.1. The average Bonchev–Trinajstić information content (AvgIpc) is 2.67. The van der Waals surface area contributed by atoms with Crippen LogP contribution in [0.15, 0.2) is 12.1 Å². The molecule has 1 aromatic rings. The molecule has 0 atom stereocenters. The van der Waals surface area contributed by atoms with Crippen LogP contribution in [-0.4, -0.2) is 25.4 Å². The van der Waals surface area contributed by atoms with Crippen molar-refractivity contribution in [3.63, 3.8) is 0 Å². The van der Waals surface area contributed by atoms with Crippen molar-refractivity contribution in [2.45, 2.75) is 76.9 Å². The van der Waals surface area contributed by atoms with E-state index in [-0.39, 0.29) is 29.7 Å². The molecule has 3 rings (SSSR count). The number of hydrogen-bond donors (Lipinski definition) is 0. The predicted molar refractivity (Wildman–Crippen MR) is 99.4 cm³/mol. The van der Waals surface area contributed by atoms with E-state index in [0.29, 0.717) is 44.5 Å². The van der Waals surface area contributed by atoms with E-state index in [4.69, 9.17) is 9.47 Å². The van der Waals surface area contributed by atoms with Crippen molar-refractivity contribution in [2.75, 3.05) is 13.2 Å². The first-order valence-electron chi connectivity index (χ1n) is 10.4. The molecule has 1 aromatic carbocycles. The zero-order valence-corrected chi connectivity index (χ0v) is 16.7. The van der Waals surface area contributed by atoms with Gasteiger partial charge in [-0.25, -0.2) is 17.6 Å². The number of halogens is 4. The third-order valence-electron chi connectivity index (χ3n) is 6.19. The Morgan fingerprint density at radius 1 is 0.964 bits per heavy atom. The van der Waals surface area contributed by atoms with Crippen molar-refractivity contribution in [1.29, 1.82) is 0 Å². The van der Waals surface area contributed by atoms with Crippen molar-refractivity contribution in [1.82, 2.24) is 0 Å². The molecular weight excluding hydrogens is 372 g/mol. The SMILES string of the molecule is CCCC1COC(C(F)(F)CC2CCC(c3cc(F)c(C)c(F)c3)CC2)OC1. The molecule has 1 aliphatic heterocycles. The minimum atomic E-state index is -3.02. The van der Waals surface area contributed by atoms with E-state index >= 15 is 0 Å². The van der Waals surface area contributed by atoms with Crippen molar-refractivity contribution >= 4 is 0 Å². The Kier molecular flexibility index (Phi) is 7.02. The average molecular weight is 402 g/mol. The van der Waals surface area contributed by atoms with E-state index in [9.17, 15) is 17.6 Å². The van der Waals surface area contributed by atoms with Crippen LogP contribution in [0.1, 0.15) is 68.9 Å². The highest BCUT2D eigenvalue weighted by Crippen LogP contribution is 2.42. The summed E-state index contributed by atoms with van der Waals surface area (Å²) in [6, 6.07) is 2.77. The van der Waals surface area contributed by atoms with E-state index in [1.54, 1.807) is 0 Å². The van der Waals surface area contributed by atoms with Crippen LogP contribution in [0.3, 0.4) is 0 Å². The molecule has 2 nitrogen and oxygen atoms in total. The van der Waals surface area contributed by atoms with Crippen molar-refractivity contribution < 1.29 is 27.0 Å². The molecule has 0 radical (unpaired) electrons. The summed E-state index contributed by atoms with van der Waals surface area (Å²) in [7, 11) is 0. The lowest BCUT2D eigenvalue weighted by Gasteiger charge is -2.37. The Labute approximate surface area is 164 Å². The molecule has 6 heteroatoms. The van der Waals surface area contributed by atoms with Crippen molar-refractivity contribution in [3.05, 3.63) is 34.9 Å². The zero-order chi connectivity index (χ0) is 20.3. The molecule has 0 bridgehead atoms. The van der Waals surface area contributed by atoms with Gasteiger partial charge in [0.25, 0.3) is 5.92 Å². The molecule has 2 aliphatic rings. The molecule has 0 unspecified atom stereocenters. The minimum Gasteiger partial charge on any atom is -0.347 e. The topological polar surface area (TPSA) is 18.5 Å². The lowest BCUT2D eigenvalue weighted by atomic mass is 9.76. The van der Waals surface area contributed by atoms with Crippen LogP contribution in [0.4, 0.5) is 17.6 Å². The maximum atomic E-state index is 14.6. The summed E-state index contributed by atoms with van der Waals surface area (Å²) in [5.41, 5.74) is 0.650. The Bertz CT molecular complexity index is 625. The van der Waals surface area contributed by atoms with Gasteiger partial charge >= 0.3 is 0 Å². The number of rotatable bonds is 6. The van der Waals surface area contributed by atoms with Gasteiger partial charge in [0, 0.05) is 17.9 Å². The van der Waals surface area contributed by atoms with Crippen molar-refractivity contribution in [2.24, 2.45) is 11.8 Å². The van der Waals surface area contributed by atoms with Crippen LogP contribution >= 0.6 is 0 Å². The smallest absolute Gasteiger partial charge is 0.298 e. The number of benzene rings is 1. The molecule has 158 valence electrons. The van der Waals surface area contributed by atoms with Gasteiger partial charge in [0.1, 0.15) is 11.6 Å². The van der Waals surface area contributed by atoms with E-state index in [1.165, 1.54) is 19.1 Å². The molecular formula is C22H30F4O2. The van der Waals surface area contributed by atoms with E-state index in [2.05, 4.69) is 6.92 Å². The third-order valence-corrected chi connectivity index (χ3v) is 6.19. The van der Waals surface area contributed by atoms with Gasteiger partial charge in [-0.3, -0.25) is 0 Å². The van der Waals surface area contributed by atoms with Gasteiger partial charge in [-0.05, 0) is 68.6 Å². The van der Waals surface area contributed by atoms with E-state index in [1.807, 2.05) is 0 Å². The van der Waals surface area contributed by atoms with Crippen LogP contribution < -0.4 is 0 Å². The summed E-state index contributed by atoms with van der Waals surface area (Å²) in [4.78, 5) is 0. The van der Waals surface area contributed by atoms with Crippen LogP contribution in [0.2, 0.25) is 0 Å². The maximum Gasteiger partial charge on any atom is 0.298 e. The third kappa shape index (κ3) is 5.07. The molecule has 0 aromatic heterocycles. The van der Waals surface area contributed by atoms with Gasteiger partial charge in [0.05, 0.1) is 13.2 Å². The van der Waals surface area contributed by atoms with Crippen LogP contribution in [-0.2, 0) is 9.47 Å². The highest BCUT2D eigenvalue weighted by Gasteiger charge is 2.46. The highest BCUT2D eigenvalue weighted by atomic mass is 19.3. The number of alkyl halides is 2. The molecule has 1 heterocycles. The molecule has 2 fully saturated rings. The summed E-state index contributed by atoms with van der Waals surface area (Å²) in [6.45, 7) is 4.11. The molecule has 0 amide bonds. The van der Waals surface area contributed by atoms with Crippen molar-refractivity contribution in [3.8, 4) is 0 Å². The second-order valence-electron chi connectivity index (χ2n) is 8.45. The summed E-state index contributed by atoms with van der Waals surface area (Å²) in [6.07, 6.45) is 2.73. The molecule has 1 saturated heterocycles. The van der Waals surface area contributed by atoms with Crippen LogP contribution in [0.25, 0.3) is 0 Å². The highest BCUT2D eigenvalue weighted by molar-refractivity contribution is 5.28. The van der Waals surface area contributed by atoms with E-state index < -0.39 is 23.8 Å². The molecule has 1 saturated carbocycles. The Balaban J connectivity index is 1.51. The first-order valence-corrected chi connectivity index (χ1v) is 10.4. The summed E-state index contributed by atoms with van der Waals surface area (Å²) in [5, 5.41) is 0. The molecule has 28 heavy (non-hydrogen) atoms. The molecule has 0 N–H and O–H groups in total. The van der Waals surface area contributed by atoms with Gasteiger partial charge in [-0.2, -0.15) is 0 Å². The summed E-state index contributed by atoms with van der Waals surface area (Å²) < 4.78 is 67.5. The fourth-order valence-corrected chi connectivity index (χ4v) is 4.44. The summed E-state index contributed by atoms with van der Waals surface area (Å²) >= 11 is 0. The molecule has 0 spiro atoms. The quantitative estimate of drug-likeness (QED) is 0.515. The second-order valence-corrected chi connectivity index (χ2v) is 8.45. The van der Waals surface area contributed by atoms with Gasteiger partial charge in [0.2, 0.25) is 6.29 Å². The first kappa shape index (κ1) is 21.6. The lowest BCUT2D eigenvalue weighted by Crippen LogP contribution is -2.45. The van der Waals surface area contributed by atoms with Gasteiger partial charge in [-0.1, -0.05) is 13.3 Å². The Morgan fingerprint density at radius 3 is 2.07 bits per heavy atom. The molecule has 1 aliphatic carbocycles. The number of ether oxygens (including phenoxy) is 2. The number of hydrogen-bond acceptors (Lipinski definition) is 2. The van der Waals surface area contributed by atoms with Gasteiger partial charge < -0.3 is 9.47 Å². The maximum absolute atomic E-state index is 14.6. The standard InChI is InChI=1S/C22H30F4O2/c1-3-4-16-12-27-21(28-13-16)22(25,26)11-15-5-7-17(8-6-15)18-9-19(23)14(2)20(24)10-18/h9-10,15-17,21H,3-8,11-13H2,1-2H3. The monoisotopic (exact) mass is 402 g/mol. The predicted octanol–water partition coefficient (Wildman–Crippen LogP) is 6.36.